The first kappa shape index (κ1) is 14.5. The van der Waals surface area contributed by atoms with Crippen molar-refractivity contribution in [2.75, 3.05) is 25.1 Å². The highest BCUT2D eigenvalue weighted by molar-refractivity contribution is 9.10. The largest absolute Gasteiger partial charge is 0.389 e. The van der Waals surface area contributed by atoms with Crippen LogP contribution in [-0.4, -0.2) is 31.0 Å². The Hall–Kier alpha value is -0.580. The molecular formula is C13H20BrNO2. The van der Waals surface area contributed by atoms with Gasteiger partial charge in [-0.3, -0.25) is 0 Å². The van der Waals surface area contributed by atoms with Crippen LogP contribution in [0.5, 0.6) is 0 Å². The normalized spacial score (nSPS) is 12.5. The van der Waals surface area contributed by atoms with Crippen LogP contribution in [0.15, 0.2) is 16.6 Å². The number of nitrogens with one attached hydrogen (secondary N) is 1. The monoisotopic (exact) mass is 301 g/mol. The lowest BCUT2D eigenvalue weighted by atomic mass is 10.1. The number of ether oxygens (including phenoxy) is 1. The second-order valence-electron chi connectivity index (χ2n) is 4.13. The predicted octanol–water partition coefficient (Wildman–Crippen LogP) is 2.88. The Labute approximate surface area is 111 Å². The number of benzene rings is 1. The van der Waals surface area contributed by atoms with Crippen LogP contribution in [0.2, 0.25) is 0 Å². The van der Waals surface area contributed by atoms with Gasteiger partial charge < -0.3 is 15.2 Å². The van der Waals surface area contributed by atoms with Crippen molar-refractivity contribution in [1.82, 2.24) is 0 Å². The van der Waals surface area contributed by atoms with Crippen molar-refractivity contribution in [3.8, 4) is 0 Å². The second-order valence-corrected chi connectivity index (χ2v) is 4.99. The fraction of sp³-hybridized carbons (Fsp3) is 0.538. The van der Waals surface area contributed by atoms with Crippen molar-refractivity contribution in [2.45, 2.75) is 26.9 Å². The molecule has 1 unspecified atom stereocenters. The molecular weight excluding hydrogens is 282 g/mol. The first-order valence-corrected chi connectivity index (χ1v) is 6.60. The van der Waals surface area contributed by atoms with Crippen molar-refractivity contribution in [1.29, 1.82) is 0 Å². The minimum atomic E-state index is -0.484. The molecule has 96 valence electrons. The minimum absolute atomic E-state index is 0.367. The number of rotatable bonds is 6. The summed E-state index contributed by atoms with van der Waals surface area (Å²) in [7, 11) is 0. The number of aliphatic hydroxyl groups is 1. The van der Waals surface area contributed by atoms with Crippen LogP contribution < -0.4 is 5.32 Å². The summed E-state index contributed by atoms with van der Waals surface area (Å²) in [5.74, 6) is 0. The smallest absolute Gasteiger partial charge is 0.0945 e. The Kier molecular flexibility index (Phi) is 5.95. The zero-order valence-corrected chi connectivity index (χ0v) is 12.2. The molecule has 0 fully saturated rings. The summed E-state index contributed by atoms with van der Waals surface area (Å²) in [6.07, 6.45) is -0.484. The van der Waals surface area contributed by atoms with Crippen LogP contribution in [0.1, 0.15) is 18.1 Å². The topological polar surface area (TPSA) is 41.5 Å². The molecule has 2 N–H and O–H groups in total. The minimum Gasteiger partial charge on any atom is -0.389 e. The van der Waals surface area contributed by atoms with E-state index in [1.807, 2.05) is 6.92 Å². The van der Waals surface area contributed by atoms with Gasteiger partial charge in [-0.15, -0.1) is 0 Å². The van der Waals surface area contributed by atoms with Gasteiger partial charge in [0, 0.05) is 17.6 Å². The highest BCUT2D eigenvalue weighted by Gasteiger charge is 2.08. The average Bonchev–Trinajstić information content (AvgIpc) is 2.24. The first-order valence-electron chi connectivity index (χ1n) is 5.81. The molecule has 0 saturated heterocycles. The van der Waals surface area contributed by atoms with Crippen LogP contribution in [-0.2, 0) is 4.74 Å². The van der Waals surface area contributed by atoms with Crippen molar-refractivity contribution < 1.29 is 9.84 Å². The van der Waals surface area contributed by atoms with Gasteiger partial charge in [0.2, 0.25) is 0 Å². The molecule has 17 heavy (non-hydrogen) atoms. The van der Waals surface area contributed by atoms with Gasteiger partial charge in [-0.05, 0) is 53.9 Å². The maximum atomic E-state index is 9.68. The van der Waals surface area contributed by atoms with Gasteiger partial charge in [-0.2, -0.15) is 0 Å². The molecule has 1 aromatic carbocycles. The van der Waals surface area contributed by atoms with Gasteiger partial charge in [0.1, 0.15) is 0 Å². The Bertz CT molecular complexity index is 345. The van der Waals surface area contributed by atoms with Gasteiger partial charge in [0.15, 0.2) is 0 Å². The van der Waals surface area contributed by atoms with Crippen LogP contribution in [0.3, 0.4) is 0 Å². The third-order valence-corrected chi connectivity index (χ3v) is 3.09. The zero-order chi connectivity index (χ0) is 12.8. The summed E-state index contributed by atoms with van der Waals surface area (Å²) in [5.41, 5.74) is 3.42. The standard InChI is InChI=1S/C13H20BrNO2/c1-4-17-8-11(16)7-15-13-10(3)5-9(2)6-12(13)14/h5-6,11,15-16H,4,7-8H2,1-3H3. The number of aliphatic hydroxyl groups excluding tert-OH is 1. The van der Waals surface area contributed by atoms with Gasteiger partial charge in [0.25, 0.3) is 0 Å². The molecule has 1 rings (SSSR count). The van der Waals surface area contributed by atoms with Crippen LogP contribution in [0.4, 0.5) is 5.69 Å². The lowest BCUT2D eigenvalue weighted by molar-refractivity contribution is 0.0496. The fourth-order valence-electron chi connectivity index (χ4n) is 1.67. The number of hydrogen-bond donors (Lipinski definition) is 2. The van der Waals surface area contributed by atoms with Gasteiger partial charge in [0.05, 0.1) is 18.4 Å². The fourth-order valence-corrected chi connectivity index (χ4v) is 2.49. The van der Waals surface area contributed by atoms with Crippen LogP contribution >= 0.6 is 15.9 Å². The molecule has 0 radical (unpaired) electrons. The van der Waals surface area contributed by atoms with E-state index < -0.39 is 6.10 Å². The van der Waals surface area contributed by atoms with E-state index >= 15 is 0 Å². The molecule has 0 aliphatic heterocycles. The average molecular weight is 302 g/mol. The molecule has 1 atom stereocenters. The Morgan fingerprint density at radius 2 is 2.12 bits per heavy atom. The van der Waals surface area contributed by atoms with Gasteiger partial charge >= 0.3 is 0 Å². The molecule has 1 aromatic rings. The van der Waals surface area contributed by atoms with E-state index in [4.69, 9.17) is 4.74 Å². The number of anilines is 1. The highest BCUT2D eigenvalue weighted by atomic mass is 79.9. The van der Waals surface area contributed by atoms with Crippen molar-refractivity contribution in [2.24, 2.45) is 0 Å². The van der Waals surface area contributed by atoms with Crippen LogP contribution in [0, 0.1) is 13.8 Å². The molecule has 0 amide bonds. The molecule has 0 bridgehead atoms. The predicted molar refractivity (Wildman–Crippen MR) is 74.6 cm³/mol. The quantitative estimate of drug-likeness (QED) is 0.849. The summed E-state index contributed by atoms with van der Waals surface area (Å²) in [6, 6.07) is 4.17. The Morgan fingerprint density at radius 3 is 2.71 bits per heavy atom. The highest BCUT2D eigenvalue weighted by Crippen LogP contribution is 2.27. The molecule has 0 aliphatic carbocycles. The molecule has 0 spiro atoms. The summed E-state index contributed by atoms with van der Waals surface area (Å²) >= 11 is 3.53. The third kappa shape index (κ3) is 4.66. The van der Waals surface area contributed by atoms with Crippen molar-refractivity contribution in [3.05, 3.63) is 27.7 Å². The Morgan fingerprint density at radius 1 is 1.41 bits per heavy atom. The molecule has 0 aromatic heterocycles. The van der Waals surface area contributed by atoms with E-state index in [2.05, 4.69) is 47.2 Å². The summed E-state index contributed by atoms with van der Waals surface area (Å²) in [5, 5.41) is 12.9. The maximum absolute atomic E-state index is 9.68. The number of halogens is 1. The Balaban J connectivity index is 2.57. The van der Waals surface area contributed by atoms with E-state index in [0.717, 1.165) is 10.2 Å². The molecule has 3 nitrogen and oxygen atoms in total. The van der Waals surface area contributed by atoms with E-state index in [1.165, 1.54) is 11.1 Å². The lowest BCUT2D eigenvalue weighted by Crippen LogP contribution is -2.25. The lowest BCUT2D eigenvalue weighted by Gasteiger charge is -2.16. The van der Waals surface area contributed by atoms with Gasteiger partial charge in [-0.25, -0.2) is 0 Å². The van der Waals surface area contributed by atoms with Crippen molar-refractivity contribution >= 4 is 21.6 Å². The van der Waals surface area contributed by atoms with Crippen LogP contribution in [0.25, 0.3) is 0 Å². The summed E-state index contributed by atoms with van der Waals surface area (Å²) in [4.78, 5) is 0. The van der Waals surface area contributed by atoms with E-state index in [1.54, 1.807) is 0 Å². The first-order chi connectivity index (χ1) is 8.04. The molecule has 0 heterocycles. The zero-order valence-electron chi connectivity index (χ0n) is 10.6. The second kappa shape index (κ2) is 6.99. The summed E-state index contributed by atoms with van der Waals surface area (Å²) < 4.78 is 6.19. The van der Waals surface area contributed by atoms with E-state index in [9.17, 15) is 5.11 Å². The number of aryl methyl sites for hydroxylation is 2. The van der Waals surface area contributed by atoms with E-state index in [-0.39, 0.29) is 0 Å². The van der Waals surface area contributed by atoms with Crippen molar-refractivity contribution in [3.63, 3.8) is 0 Å². The maximum Gasteiger partial charge on any atom is 0.0945 e. The van der Waals surface area contributed by atoms with Gasteiger partial charge in [-0.1, -0.05) is 6.07 Å². The van der Waals surface area contributed by atoms with E-state index in [0.29, 0.717) is 19.8 Å². The molecule has 0 aliphatic rings. The number of hydrogen-bond acceptors (Lipinski definition) is 3. The molecule has 4 heteroatoms. The third-order valence-electron chi connectivity index (χ3n) is 2.46. The SMILES string of the molecule is CCOCC(O)CNc1c(C)cc(C)cc1Br. The molecule has 0 saturated carbocycles. The summed E-state index contributed by atoms with van der Waals surface area (Å²) in [6.45, 7) is 7.51.